The van der Waals surface area contributed by atoms with Crippen LogP contribution in [0.15, 0.2) is 23.0 Å². The van der Waals surface area contributed by atoms with Gasteiger partial charge < -0.3 is 4.98 Å². The lowest BCUT2D eigenvalue weighted by Crippen LogP contribution is -2.17. The van der Waals surface area contributed by atoms with Crippen LogP contribution in [-0.4, -0.2) is 9.97 Å². The molecule has 4 heteroatoms. The van der Waals surface area contributed by atoms with Crippen LogP contribution in [0.3, 0.4) is 0 Å². The van der Waals surface area contributed by atoms with Gasteiger partial charge in [-0.2, -0.15) is 0 Å². The molecule has 1 aromatic carbocycles. The molecule has 2 rings (SSSR count). The van der Waals surface area contributed by atoms with Crippen molar-refractivity contribution in [2.24, 2.45) is 0 Å². The smallest absolute Gasteiger partial charge is 0.254 e. The van der Waals surface area contributed by atoms with Crippen LogP contribution in [0.25, 0.3) is 11.3 Å². The van der Waals surface area contributed by atoms with Crippen molar-refractivity contribution >= 4 is 0 Å². The standard InChI is InChI=1S/C15H17FN2O/c1-8(2)14-17-13(10(4)15(19)18-14)12-6-5-11(16)7-9(12)3/h5-8H,1-4H3,(H,17,18,19). The van der Waals surface area contributed by atoms with Crippen molar-refractivity contribution in [1.82, 2.24) is 9.97 Å². The van der Waals surface area contributed by atoms with Gasteiger partial charge in [0.05, 0.1) is 5.69 Å². The molecule has 0 saturated carbocycles. The zero-order valence-electron chi connectivity index (χ0n) is 11.5. The number of hydrogen-bond acceptors (Lipinski definition) is 2. The lowest BCUT2D eigenvalue weighted by molar-refractivity contribution is 0.627. The third-order valence-corrected chi connectivity index (χ3v) is 3.16. The van der Waals surface area contributed by atoms with Crippen LogP contribution in [0.1, 0.15) is 36.7 Å². The molecule has 0 atom stereocenters. The Bertz CT molecular complexity index is 674. The second kappa shape index (κ2) is 4.96. The van der Waals surface area contributed by atoms with E-state index in [1.165, 1.54) is 12.1 Å². The SMILES string of the molecule is Cc1cc(F)ccc1-c1nc(C(C)C)[nH]c(=O)c1C. The summed E-state index contributed by atoms with van der Waals surface area (Å²) in [6.45, 7) is 7.48. The molecule has 100 valence electrons. The summed E-state index contributed by atoms with van der Waals surface area (Å²) in [5.74, 6) is 0.495. The zero-order chi connectivity index (χ0) is 14.2. The number of nitrogens with zero attached hydrogens (tertiary/aromatic N) is 1. The summed E-state index contributed by atoms with van der Waals surface area (Å²) in [6, 6.07) is 4.51. The summed E-state index contributed by atoms with van der Waals surface area (Å²) in [5.41, 5.74) is 2.62. The van der Waals surface area contributed by atoms with E-state index in [9.17, 15) is 9.18 Å². The molecule has 0 fully saturated rings. The normalized spacial score (nSPS) is 11.1. The van der Waals surface area contributed by atoms with E-state index in [0.717, 1.165) is 11.1 Å². The number of aryl methyl sites for hydroxylation is 1. The first-order valence-corrected chi connectivity index (χ1v) is 6.27. The fraction of sp³-hybridized carbons (Fsp3) is 0.333. The third kappa shape index (κ3) is 2.57. The Kier molecular flexibility index (Phi) is 3.51. The van der Waals surface area contributed by atoms with Gasteiger partial charge in [0.25, 0.3) is 5.56 Å². The van der Waals surface area contributed by atoms with E-state index >= 15 is 0 Å². The van der Waals surface area contributed by atoms with Crippen LogP contribution < -0.4 is 5.56 Å². The van der Waals surface area contributed by atoms with E-state index in [1.54, 1.807) is 13.0 Å². The maximum Gasteiger partial charge on any atom is 0.254 e. The minimum atomic E-state index is -0.284. The Hall–Kier alpha value is -1.97. The Balaban J connectivity index is 2.70. The van der Waals surface area contributed by atoms with Gasteiger partial charge in [0.15, 0.2) is 0 Å². The summed E-state index contributed by atoms with van der Waals surface area (Å²) in [6.07, 6.45) is 0. The number of rotatable bonds is 2. The maximum atomic E-state index is 13.2. The number of benzene rings is 1. The summed E-state index contributed by atoms with van der Waals surface area (Å²) in [5, 5.41) is 0. The van der Waals surface area contributed by atoms with E-state index in [1.807, 2.05) is 20.8 Å². The second-order valence-corrected chi connectivity index (χ2v) is 5.04. The lowest BCUT2D eigenvalue weighted by atomic mass is 10.0. The number of aromatic amines is 1. The summed E-state index contributed by atoms with van der Waals surface area (Å²) < 4.78 is 13.2. The third-order valence-electron chi connectivity index (χ3n) is 3.16. The molecule has 0 aliphatic carbocycles. The first kappa shape index (κ1) is 13.5. The van der Waals surface area contributed by atoms with Crippen LogP contribution in [0.4, 0.5) is 4.39 Å². The Labute approximate surface area is 111 Å². The summed E-state index contributed by atoms with van der Waals surface area (Å²) >= 11 is 0. The van der Waals surface area contributed by atoms with E-state index in [-0.39, 0.29) is 17.3 Å². The highest BCUT2D eigenvalue weighted by molar-refractivity contribution is 5.66. The second-order valence-electron chi connectivity index (χ2n) is 5.04. The van der Waals surface area contributed by atoms with Crippen molar-refractivity contribution in [2.75, 3.05) is 0 Å². The van der Waals surface area contributed by atoms with Crippen molar-refractivity contribution in [3.8, 4) is 11.3 Å². The molecule has 1 heterocycles. The molecule has 1 aromatic heterocycles. The number of halogens is 1. The van der Waals surface area contributed by atoms with Crippen LogP contribution in [0, 0.1) is 19.7 Å². The molecule has 19 heavy (non-hydrogen) atoms. The molecular formula is C15H17FN2O. The van der Waals surface area contributed by atoms with Crippen molar-refractivity contribution in [3.63, 3.8) is 0 Å². The van der Waals surface area contributed by atoms with E-state index in [4.69, 9.17) is 0 Å². The Morgan fingerprint density at radius 1 is 1.26 bits per heavy atom. The highest BCUT2D eigenvalue weighted by Crippen LogP contribution is 2.24. The van der Waals surface area contributed by atoms with Crippen molar-refractivity contribution in [2.45, 2.75) is 33.6 Å². The van der Waals surface area contributed by atoms with E-state index < -0.39 is 0 Å². The molecule has 3 nitrogen and oxygen atoms in total. The molecule has 2 aromatic rings. The van der Waals surface area contributed by atoms with Crippen LogP contribution in [0.5, 0.6) is 0 Å². The first-order valence-electron chi connectivity index (χ1n) is 6.27. The molecule has 1 N–H and O–H groups in total. The first-order chi connectivity index (χ1) is 8.90. The minimum absolute atomic E-state index is 0.132. The Morgan fingerprint density at radius 3 is 2.53 bits per heavy atom. The molecule has 0 bridgehead atoms. The van der Waals surface area contributed by atoms with Gasteiger partial charge in [-0.05, 0) is 37.6 Å². The number of aromatic nitrogens is 2. The average Bonchev–Trinajstić information content (AvgIpc) is 2.33. The molecule has 0 amide bonds. The largest absolute Gasteiger partial charge is 0.310 e. The van der Waals surface area contributed by atoms with Gasteiger partial charge in [-0.3, -0.25) is 4.79 Å². The molecule has 0 aliphatic heterocycles. The van der Waals surface area contributed by atoms with Gasteiger partial charge in [0.2, 0.25) is 0 Å². The van der Waals surface area contributed by atoms with Crippen LogP contribution in [-0.2, 0) is 0 Å². The molecule has 0 spiro atoms. The molecule has 0 unspecified atom stereocenters. The molecule has 0 saturated heterocycles. The van der Waals surface area contributed by atoms with Gasteiger partial charge in [-0.15, -0.1) is 0 Å². The van der Waals surface area contributed by atoms with Gasteiger partial charge in [-0.25, -0.2) is 9.37 Å². The Morgan fingerprint density at radius 2 is 1.95 bits per heavy atom. The summed E-state index contributed by atoms with van der Waals surface area (Å²) in [7, 11) is 0. The minimum Gasteiger partial charge on any atom is -0.310 e. The predicted octanol–water partition coefficient (Wildman–Crippen LogP) is 3.32. The quantitative estimate of drug-likeness (QED) is 0.900. The highest BCUT2D eigenvalue weighted by atomic mass is 19.1. The van der Waals surface area contributed by atoms with Gasteiger partial charge in [0, 0.05) is 17.0 Å². The van der Waals surface area contributed by atoms with Gasteiger partial charge >= 0.3 is 0 Å². The lowest BCUT2D eigenvalue weighted by Gasteiger charge is -2.11. The highest BCUT2D eigenvalue weighted by Gasteiger charge is 2.13. The summed E-state index contributed by atoms with van der Waals surface area (Å²) in [4.78, 5) is 19.2. The van der Waals surface area contributed by atoms with E-state index in [2.05, 4.69) is 9.97 Å². The average molecular weight is 260 g/mol. The van der Waals surface area contributed by atoms with Crippen molar-refractivity contribution in [1.29, 1.82) is 0 Å². The van der Waals surface area contributed by atoms with Gasteiger partial charge in [0.1, 0.15) is 11.6 Å². The topological polar surface area (TPSA) is 45.8 Å². The molecule has 0 aliphatic rings. The van der Waals surface area contributed by atoms with Gasteiger partial charge in [-0.1, -0.05) is 13.8 Å². The zero-order valence-corrected chi connectivity index (χ0v) is 11.5. The fourth-order valence-corrected chi connectivity index (χ4v) is 1.98. The molecule has 0 radical (unpaired) electrons. The maximum absolute atomic E-state index is 13.2. The monoisotopic (exact) mass is 260 g/mol. The van der Waals surface area contributed by atoms with Crippen LogP contribution in [0.2, 0.25) is 0 Å². The number of nitrogens with one attached hydrogen (secondary N) is 1. The van der Waals surface area contributed by atoms with Crippen molar-refractivity contribution < 1.29 is 4.39 Å². The van der Waals surface area contributed by atoms with Crippen LogP contribution >= 0.6 is 0 Å². The predicted molar refractivity (Wildman–Crippen MR) is 73.8 cm³/mol. The number of hydrogen-bond donors (Lipinski definition) is 1. The van der Waals surface area contributed by atoms with Crippen molar-refractivity contribution in [3.05, 3.63) is 51.3 Å². The molecular weight excluding hydrogens is 243 g/mol. The number of H-pyrrole nitrogens is 1. The fourth-order valence-electron chi connectivity index (χ4n) is 1.98. The van der Waals surface area contributed by atoms with E-state index in [0.29, 0.717) is 17.1 Å².